The highest BCUT2D eigenvalue weighted by molar-refractivity contribution is 7.89. The quantitative estimate of drug-likeness (QED) is 0.575. The van der Waals surface area contributed by atoms with Gasteiger partial charge in [-0.25, -0.2) is 12.8 Å². The van der Waals surface area contributed by atoms with E-state index in [0.717, 1.165) is 23.3 Å². The summed E-state index contributed by atoms with van der Waals surface area (Å²) in [6, 6.07) is 10.3. The van der Waals surface area contributed by atoms with Crippen LogP contribution in [-0.4, -0.2) is 53.5 Å². The zero-order valence-electron chi connectivity index (χ0n) is 17.6. The van der Waals surface area contributed by atoms with E-state index in [1.807, 2.05) is 6.92 Å². The Bertz CT molecular complexity index is 1210. The molecule has 4 rings (SSSR count). The molecule has 3 aromatic rings. The third kappa shape index (κ3) is 4.89. The van der Waals surface area contributed by atoms with E-state index >= 15 is 0 Å². The predicted molar refractivity (Wildman–Crippen MR) is 114 cm³/mol. The Kier molecular flexibility index (Phi) is 6.38. The average molecular weight is 462 g/mol. The lowest BCUT2D eigenvalue weighted by Gasteiger charge is -2.30. The second-order valence-corrected chi connectivity index (χ2v) is 9.84. The Morgan fingerprint density at radius 2 is 2.03 bits per heavy atom. The van der Waals surface area contributed by atoms with Crippen LogP contribution in [0.15, 0.2) is 47.4 Å². The number of nitrogens with one attached hydrogen (secondary N) is 1. The summed E-state index contributed by atoms with van der Waals surface area (Å²) in [7, 11) is -3.65. The summed E-state index contributed by atoms with van der Waals surface area (Å²) in [5, 5.41) is 10.5. The third-order valence-corrected chi connectivity index (χ3v) is 7.23. The summed E-state index contributed by atoms with van der Waals surface area (Å²) in [5.74, 6) is -0.451. The summed E-state index contributed by atoms with van der Waals surface area (Å²) in [5.41, 5.74) is 1.54. The van der Waals surface area contributed by atoms with Gasteiger partial charge in [-0.05, 0) is 59.9 Å². The molecule has 1 unspecified atom stereocenters. The lowest BCUT2D eigenvalue weighted by Crippen LogP contribution is -2.39. The molecule has 2 heterocycles. The van der Waals surface area contributed by atoms with Crippen LogP contribution in [0, 0.1) is 11.7 Å². The van der Waals surface area contributed by atoms with Crippen LogP contribution in [-0.2, 0) is 21.4 Å². The monoisotopic (exact) mass is 461 g/mol. The molecule has 1 aliphatic heterocycles. The highest BCUT2D eigenvalue weighted by atomic mass is 32.2. The molecule has 1 aromatic heterocycles. The number of hydrogen-bond donors (Lipinski definition) is 1. The van der Waals surface area contributed by atoms with Crippen molar-refractivity contribution in [1.29, 1.82) is 0 Å². The smallest absolute Gasteiger partial charge is 0.261 e. The zero-order valence-corrected chi connectivity index (χ0v) is 18.4. The third-order valence-electron chi connectivity index (χ3n) is 5.37. The number of benzene rings is 2. The van der Waals surface area contributed by atoms with Gasteiger partial charge in [0.25, 0.3) is 5.91 Å². The van der Waals surface area contributed by atoms with Crippen molar-refractivity contribution < 1.29 is 22.4 Å². The summed E-state index contributed by atoms with van der Waals surface area (Å²) < 4.78 is 40.6. The summed E-state index contributed by atoms with van der Waals surface area (Å²) in [6.45, 7) is 2.89. The van der Waals surface area contributed by atoms with E-state index in [-0.39, 0.29) is 23.9 Å². The van der Waals surface area contributed by atoms with Crippen LogP contribution in [0.3, 0.4) is 0 Å². The maximum absolute atomic E-state index is 13.1. The van der Waals surface area contributed by atoms with Crippen molar-refractivity contribution in [3.63, 3.8) is 0 Å². The van der Waals surface area contributed by atoms with Crippen LogP contribution in [0.1, 0.15) is 25.3 Å². The van der Waals surface area contributed by atoms with Gasteiger partial charge in [0.2, 0.25) is 10.0 Å². The second kappa shape index (κ2) is 9.21. The van der Waals surface area contributed by atoms with E-state index in [9.17, 15) is 17.6 Å². The van der Waals surface area contributed by atoms with E-state index < -0.39 is 15.9 Å². The van der Waals surface area contributed by atoms with Gasteiger partial charge in [-0.15, -0.1) is 5.10 Å². The fraction of sp³-hybridized carbons (Fsp3) is 0.381. The molecule has 9 nitrogen and oxygen atoms in total. The van der Waals surface area contributed by atoms with Crippen molar-refractivity contribution in [3.05, 3.63) is 53.8 Å². The maximum Gasteiger partial charge on any atom is 0.261 e. The number of carbonyl (C=O) groups is 1. The first-order valence-corrected chi connectivity index (χ1v) is 11.8. The van der Waals surface area contributed by atoms with Gasteiger partial charge in [-0.2, -0.15) is 4.31 Å². The number of fused-ring (bicyclic) bond motifs is 1. The number of piperidine rings is 1. The van der Waals surface area contributed by atoms with Gasteiger partial charge >= 0.3 is 0 Å². The van der Waals surface area contributed by atoms with Crippen LogP contribution in [0.2, 0.25) is 0 Å². The van der Waals surface area contributed by atoms with Crippen LogP contribution < -0.4 is 10.2 Å². The van der Waals surface area contributed by atoms with Gasteiger partial charge in [0.05, 0.1) is 4.90 Å². The van der Waals surface area contributed by atoms with Crippen LogP contribution in [0.25, 0.3) is 11.0 Å². The normalized spacial score (nSPS) is 17.4. The van der Waals surface area contributed by atoms with E-state index in [4.69, 9.17) is 4.84 Å². The lowest BCUT2D eigenvalue weighted by atomic mass is 10.0. The molecule has 32 heavy (non-hydrogen) atoms. The van der Waals surface area contributed by atoms with Gasteiger partial charge in [0.15, 0.2) is 6.61 Å². The second-order valence-electron chi connectivity index (χ2n) is 7.90. The molecule has 0 aliphatic carbocycles. The minimum absolute atomic E-state index is 0.131. The lowest BCUT2D eigenvalue weighted by molar-refractivity contribution is -0.126. The predicted octanol–water partition coefficient (Wildman–Crippen LogP) is 1.74. The Morgan fingerprint density at radius 1 is 1.25 bits per heavy atom. The molecular formula is C21H24FN5O4S. The number of sulfonamides is 1. The van der Waals surface area contributed by atoms with Crippen molar-refractivity contribution >= 4 is 27.0 Å². The molecule has 1 amide bonds. The largest absolute Gasteiger partial charge is 0.385 e. The summed E-state index contributed by atoms with van der Waals surface area (Å²) in [6.07, 6.45) is 1.84. The summed E-state index contributed by atoms with van der Waals surface area (Å²) in [4.78, 5) is 18.7. The molecule has 1 saturated heterocycles. The molecule has 1 atom stereocenters. The molecule has 170 valence electrons. The maximum atomic E-state index is 13.1. The first-order chi connectivity index (χ1) is 15.3. The molecule has 11 heteroatoms. The SMILES string of the molecule is CC1CCCN(S(=O)(=O)c2ccc3nnn(OCC(=O)NCc4ccc(F)cc4)c3c2)C1. The number of amides is 1. The highest BCUT2D eigenvalue weighted by Crippen LogP contribution is 2.25. The van der Waals surface area contributed by atoms with Crippen LogP contribution >= 0.6 is 0 Å². The number of nitrogens with zero attached hydrogens (tertiary/aromatic N) is 4. The fourth-order valence-electron chi connectivity index (χ4n) is 3.62. The minimum Gasteiger partial charge on any atom is -0.385 e. The Labute approximate surface area is 185 Å². The van der Waals surface area contributed by atoms with Crippen LogP contribution in [0.5, 0.6) is 0 Å². The number of aromatic nitrogens is 3. The van der Waals surface area contributed by atoms with Gasteiger partial charge in [0, 0.05) is 19.6 Å². The number of hydrogen-bond acceptors (Lipinski definition) is 6. The van der Waals surface area contributed by atoms with E-state index in [1.54, 1.807) is 18.2 Å². The van der Waals surface area contributed by atoms with Crippen molar-refractivity contribution in [2.45, 2.75) is 31.2 Å². The Hall–Kier alpha value is -3.05. The van der Waals surface area contributed by atoms with E-state index in [1.165, 1.54) is 28.6 Å². The average Bonchev–Trinajstić information content (AvgIpc) is 3.19. The first-order valence-electron chi connectivity index (χ1n) is 10.3. The molecule has 1 aliphatic rings. The molecule has 1 N–H and O–H groups in total. The number of rotatable bonds is 7. The van der Waals surface area contributed by atoms with E-state index in [0.29, 0.717) is 30.0 Å². The van der Waals surface area contributed by atoms with Crippen molar-refractivity contribution in [1.82, 2.24) is 24.8 Å². The van der Waals surface area contributed by atoms with Gasteiger partial charge in [0.1, 0.15) is 16.9 Å². The fourth-order valence-corrected chi connectivity index (χ4v) is 5.24. The molecular weight excluding hydrogens is 437 g/mol. The van der Waals surface area contributed by atoms with Crippen molar-refractivity contribution in [2.24, 2.45) is 5.92 Å². The van der Waals surface area contributed by atoms with Gasteiger partial charge < -0.3 is 10.2 Å². The number of carbonyl (C=O) groups excluding carboxylic acids is 1. The van der Waals surface area contributed by atoms with Crippen molar-refractivity contribution in [2.75, 3.05) is 19.7 Å². The zero-order chi connectivity index (χ0) is 22.7. The Balaban J connectivity index is 1.43. The Morgan fingerprint density at radius 3 is 2.78 bits per heavy atom. The molecule has 0 bridgehead atoms. The number of halogens is 1. The van der Waals surface area contributed by atoms with E-state index in [2.05, 4.69) is 15.6 Å². The molecule has 1 fully saturated rings. The van der Waals surface area contributed by atoms with Gasteiger partial charge in [-0.3, -0.25) is 4.79 Å². The topological polar surface area (TPSA) is 106 Å². The van der Waals surface area contributed by atoms with Crippen LogP contribution in [0.4, 0.5) is 4.39 Å². The first kappa shape index (κ1) is 22.2. The minimum atomic E-state index is -3.65. The highest BCUT2D eigenvalue weighted by Gasteiger charge is 2.29. The molecule has 0 radical (unpaired) electrons. The standard InChI is InChI=1S/C21H24FN5O4S/c1-15-3-2-10-26(13-15)32(29,30)18-8-9-19-20(11-18)27(25-24-19)31-14-21(28)23-12-16-4-6-17(22)7-5-16/h4-9,11,15H,2-3,10,12-14H2,1H3,(H,23,28). The summed E-state index contributed by atoms with van der Waals surface area (Å²) >= 11 is 0. The molecule has 0 spiro atoms. The van der Waals surface area contributed by atoms with Gasteiger partial charge in [-0.1, -0.05) is 23.9 Å². The molecule has 0 saturated carbocycles. The molecule has 2 aromatic carbocycles. The van der Waals surface area contributed by atoms with Crippen molar-refractivity contribution in [3.8, 4) is 0 Å².